The minimum Gasteiger partial charge on any atom is -0.378 e. The van der Waals surface area contributed by atoms with Crippen molar-refractivity contribution in [2.75, 3.05) is 45.9 Å². The van der Waals surface area contributed by atoms with Crippen LogP contribution in [-0.4, -0.2) is 73.7 Å². The molecule has 3 fully saturated rings. The fourth-order valence-corrected chi connectivity index (χ4v) is 3.64. The minimum atomic E-state index is 0.213. The Morgan fingerprint density at radius 3 is 2.80 bits per heavy atom. The Morgan fingerprint density at radius 2 is 2.05 bits per heavy atom. The maximum Gasteiger partial charge on any atom is 0.224 e. The van der Waals surface area contributed by atoms with Gasteiger partial charge in [0.25, 0.3) is 0 Å². The Kier molecular flexibility index (Phi) is 4.91. The zero-order valence-electron chi connectivity index (χ0n) is 12.4. The first-order valence-electron chi connectivity index (χ1n) is 8.16. The molecule has 114 valence electrons. The van der Waals surface area contributed by atoms with Crippen LogP contribution in [0, 0.1) is 0 Å². The molecule has 2 atom stereocenters. The smallest absolute Gasteiger partial charge is 0.224 e. The first kappa shape index (κ1) is 14.3. The first-order valence-corrected chi connectivity index (χ1v) is 8.16. The van der Waals surface area contributed by atoms with Gasteiger partial charge >= 0.3 is 0 Å². The largest absolute Gasteiger partial charge is 0.378 e. The van der Waals surface area contributed by atoms with Crippen LogP contribution in [0.1, 0.15) is 32.1 Å². The number of ether oxygens (including phenoxy) is 1. The summed E-state index contributed by atoms with van der Waals surface area (Å²) in [7, 11) is 0. The summed E-state index contributed by atoms with van der Waals surface area (Å²) >= 11 is 0. The second-order valence-electron chi connectivity index (χ2n) is 6.31. The monoisotopic (exact) mass is 281 g/mol. The Hall–Kier alpha value is -0.650. The molecule has 3 aliphatic heterocycles. The summed E-state index contributed by atoms with van der Waals surface area (Å²) in [6.45, 7) is 6.64. The van der Waals surface area contributed by atoms with E-state index in [0.717, 1.165) is 32.7 Å². The van der Waals surface area contributed by atoms with Crippen LogP contribution in [0.2, 0.25) is 0 Å². The Balaban J connectivity index is 1.45. The third-order valence-corrected chi connectivity index (χ3v) is 4.84. The number of piperidine rings is 1. The van der Waals surface area contributed by atoms with E-state index in [0.29, 0.717) is 25.0 Å². The molecule has 0 bridgehead atoms. The summed E-state index contributed by atoms with van der Waals surface area (Å²) in [5.41, 5.74) is 0. The van der Waals surface area contributed by atoms with E-state index >= 15 is 0 Å². The molecule has 0 radical (unpaired) electrons. The van der Waals surface area contributed by atoms with Gasteiger partial charge in [-0.1, -0.05) is 6.42 Å². The number of hydrogen-bond donors (Lipinski definition) is 1. The standard InChI is InChI=1S/C15H27N3O2/c19-15(10-13-12-20-9-5-16-13)18-8-4-14(11-18)17-6-2-1-3-7-17/h13-14,16H,1-12H2. The van der Waals surface area contributed by atoms with Crippen LogP contribution in [0.15, 0.2) is 0 Å². The van der Waals surface area contributed by atoms with Crippen molar-refractivity contribution in [2.24, 2.45) is 0 Å². The molecule has 3 heterocycles. The molecule has 5 heteroatoms. The Morgan fingerprint density at radius 1 is 1.20 bits per heavy atom. The van der Waals surface area contributed by atoms with E-state index in [1.165, 1.54) is 32.4 Å². The lowest BCUT2D eigenvalue weighted by atomic mass is 10.1. The third-order valence-electron chi connectivity index (χ3n) is 4.84. The van der Waals surface area contributed by atoms with Gasteiger partial charge in [0.2, 0.25) is 5.91 Å². The van der Waals surface area contributed by atoms with Crippen molar-refractivity contribution in [1.29, 1.82) is 0 Å². The van der Waals surface area contributed by atoms with Crippen LogP contribution < -0.4 is 5.32 Å². The van der Waals surface area contributed by atoms with Crippen LogP contribution in [0.5, 0.6) is 0 Å². The second-order valence-corrected chi connectivity index (χ2v) is 6.31. The highest BCUT2D eigenvalue weighted by atomic mass is 16.5. The van der Waals surface area contributed by atoms with Gasteiger partial charge < -0.3 is 15.0 Å². The van der Waals surface area contributed by atoms with Crippen molar-refractivity contribution in [3.8, 4) is 0 Å². The van der Waals surface area contributed by atoms with E-state index < -0.39 is 0 Å². The average Bonchev–Trinajstić information content (AvgIpc) is 2.99. The van der Waals surface area contributed by atoms with Crippen LogP contribution in [0.3, 0.4) is 0 Å². The number of likely N-dealkylation sites (tertiary alicyclic amines) is 2. The summed E-state index contributed by atoms with van der Waals surface area (Å²) in [6, 6.07) is 0.820. The highest BCUT2D eigenvalue weighted by Gasteiger charge is 2.31. The molecular weight excluding hydrogens is 254 g/mol. The van der Waals surface area contributed by atoms with Crippen molar-refractivity contribution < 1.29 is 9.53 Å². The normalized spacial score (nSPS) is 32.5. The van der Waals surface area contributed by atoms with Crippen molar-refractivity contribution in [3.05, 3.63) is 0 Å². The quantitative estimate of drug-likeness (QED) is 0.816. The maximum absolute atomic E-state index is 12.4. The molecule has 0 aromatic rings. The molecule has 1 amide bonds. The SMILES string of the molecule is O=C(CC1COCCN1)N1CCC(N2CCCCC2)C1. The van der Waals surface area contributed by atoms with E-state index in [1.807, 2.05) is 0 Å². The Labute approximate surface area is 121 Å². The molecule has 0 aromatic carbocycles. The lowest BCUT2D eigenvalue weighted by Crippen LogP contribution is -2.45. The molecular formula is C15H27N3O2. The fourth-order valence-electron chi connectivity index (χ4n) is 3.64. The van der Waals surface area contributed by atoms with Crippen LogP contribution in [0.25, 0.3) is 0 Å². The molecule has 0 spiro atoms. The highest BCUT2D eigenvalue weighted by molar-refractivity contribution is 5.77. The number of morpholine rings is 1. The molecule has 20 heavy (non-hydrogen) atoms. The summed E-state index contributed by atoms with van der Waals surface area (Å²) < 4.78 is 5.42. The number of amides is 1. The summed E-state index contributed by atoms with van der Waals surface area (Å²) in [4.78, 5) is 17.0. The fraction of sp³-hybridized carbons (Fsp3) is 0.933. The molecule has 0 saturated carbocycles. The molecule has 0 aromatic heterocycles. The molecule has 3 rings (SSSR count). The van der Waals surface area contributed by atoms with E-state index in [4.69, 9.17) is 4.74 Å². The van der Waals surface area contributed by atoms with Crippen LogP contribution in [0.4, 0.5) is 0 Å². The summed E-state index contributed by atoms with van der Waals surface area (Å²) in [6.07, 6.45) is 5.77. The predicted molar refractivity (Wildman–Crippen MR) is 77.6 cm³/mol. The van der Waals surface area contributed by atoms with Crippen LogP contribution in [-0.2, 0) is 9.53 Å². The van der Waals surface area contributed by atoms with Gasteiger partial charge in [-0.2, -0.15) is 0 Å². The lowest BCUT2D eigenvalue weighted by Gasteiger charge is -2.32. The molecule has 2 unspecified atom stereocenters. The van der Waals surface area contributed by atoms with Gasteiger partial charge in [-0.05, 0) is 32.4 Å². The van der Waals surface area contributed by atoms with E-state index in [2.05, 4.69) is 15.1 Å². The Bertz CT molecular complexity index is 325. The zero-order valence-corrected chi connectivity index (χ0v) is 12.4. The second kappa shape index (κ2) is 6.87. The van der Waals surface area contributed by atoms with Crippen molar-refractivity contribution >= 4 is 5.91 Å². The first-order chi connectivity index (χ1) is 9.83. The molecule has 0 aliphatic carbocycles. The van der Waals surface area contributed by atoms with Gasteiger partial charge in [0.1, 0.15) is 0 Å². The highest BCUT2D eigenvalue weighted by Crippen LogP contribution is 2.21. The number of hydrogen-bond acceptors (Lipinski definition) is 4. The molecule has 1 N–H and O–H groups in total. The van der Waals surface area contributed by atoms with E-state index in [9.17, 15) is 4.79 Å². The van der Waals surface area contributed by atoms with Gasteiger partial charge in [-0.15, -0.1) is 0 Å². The van der Waals surface area contributed by atoms with Crippen molar-refractivity contribution in [2.45, 2.75) is 44.2 Å². The average molecular weight is 281 g/mol. The van der Waals surface area contributed by atoms with Crippen LogP contribution >= 0.6 is 0 Å². The lowest BCUT2D eigenvalue weighted by molar-refractivity contribution is -0.131. The summed E-state index contributed by atoms with van der Waals surface area (Å²) in [5.74, 6) is 0.299. The van der Waals surface area contributed by atoms with Gasteiger partial charge in [0.05, 0.1) is 13.2 Å². The van der Waals surface area contributed by atoms with Gasteiger partial charge in [-0.3, -0.25) is 9.69 Å². The number of nitrogens with one attached hydrogen (secondary N) is 1. The van der Waals surface area contributed by atoms with Crippen molar-refractivity contribution in [3.63, 3.8) is 0 Å². The topological polar surface area (TPSA) is 44.8 Å². The van der Waals surface area contributed by atoms with Gasteiger partial charge in [0.15, 0.2) is 0 Å². The maximum atomic E-state index is 12.4. The number of nitrogens with zero attached hydrogens (tertiary/aromatic N) is 2. The van der Waals surface area contributed by atoms with Gasteiger partial charge in [0, 0.05) is 38.1 Å². The minimum absolute atomic E-state index is 0.213. The van der Waals surface area contributed by atoms with Crippen molar-refractivity contribution in [1.82, 2.24) is 15.1 Å². The predicted octanol–water partition coefficient (Wildman–Crippen LogP) is 0.452. The molecule has 3 aliphatic rings. The number of rotatable bonds is 3. The number of carbonyl (C=O) groups excluding carboxylic acids is 1. The summed E-state index contributed by atoms with van der Waals surface area (Å²) in [5, 5.41) is 3.37. The number of carbonyl (C=O) groups is 1. The van der Waals surface area contributed by atoms with Gasteiger partial charge in [-0.25, -0.2) is 0 Å². The van der Waals surface area contributed by atoms with E-state index in [1.54, 1.807) is 0 Å². The zero-order chi connectivity index (χ0) is 13.8. The molecule has 3 saturated heterocycles. The molecule has 5 nitrogen and oxygen atoms in total. The third kappa shape index (κ3) is 3.51. The van der Waals surface area contributed by atoms with E-state index in [-0.39, 0.29) is 6.04 Å².